The van der Waals surface area contributed by atoms with Gasteiger partial charge in [0.25, 0.3) is 0 Å². The molecule has 9 heteroatoms. The first-order chi connectivity index (χ1) is 14.8. The molecule has 0 saturated carbocycles. The van der Waals surface area contributed by atoms with Crippen LogP contribution in [0.1, 0.15) is 11.3 Å². The highest BCUT2D eigenvalue weighted by molar-refractivity contribution is 5.92. The smallest absolute Gasteiger partial charge is 0.378 e. The molecule has 0 fully saturated rings. The molecule has 0 saturated heterocycles. The number of halogens is 4. The topological polar surface area (TPSA) is 59.9 Å². The normalized spacial score (nSPS) is 11.6. The number of benzene rings is 1. The Morgan fingerprint density at radius 2 is 1.77 bits per heavy atom. The fourth-order valence-corrected chi connectivity index (χ4v) is 3.09. The van der Waals surface area contributed by atoms with Crippen molar-refractivity contribution >= 4 is 22.4 Å². The molecule has 0 atom stereocenters. The van der Waals surface area contributed by atoms with Crippen molar-refractivity contribution in [1.82, 2.24) is 15.0 Å². The molecule has 158 valence electrons. The Hall–Kier alpha value is -3.59. The van der Waals surface area contributed by atoms with E-state index in [1.165, 1.54) is 37.6 Å². The molecular formula is C22H16F4N4O. The minimum Gasteiger partial charge on any atom is -0.378 e. The second-order valence-corrected chi connectivity index (χ2v) is 6.70. The number of hydrogen-bond acceptors (Lipinski definition) is 5. The summed E-state index contributed by atoms with van der Waals surface area (Å²) in [6.45, 7) is 0.196. The van der Waals surface area contributed by atoms with E-state index in [2.05, 4.69) is 20.3 Å². The number of hydrogen-bond donors (Lipinski definition) is 1. The summed E-state index contributed by atoms with van der Waals surface area (Å²) in [5, 5.41) is 3.71. The van der Waals surface area contributed by atoms with Crippen molar-refractivity contribution < 1.29 is 22.3 Å². The van der Waals surface area contributed by atoms with Gasteiger partial charge >= 0.3 is 6.18 Å². The third-order valence-electron chi connectivity index (χ3n) is 4.51. The summed E-state index contributed by atoms with van der Waals surface area (Å²) < 4.78 is 57.7. The van der Waals surface area contributed by atoms with Crippen LogP contribution in [-0.2, 0) is 17.5 Å². The number of anilines is 2. The zero-order valence-corrected chi connectivity index (χ0v) is 16.2. The quantitative estimate of drug-likeness (QED) is 0.411. The third-order valence-corrected chi connectivity index (χ3v) is 4.51. The number of alkyl halides is 3. The number of aromatic nitrogens is 3. The zero-order chi connectivity index (χ0) is 22.0. The maximum Gasteiger partial charge on any atom is 0.416 e. The van der Waals surface area contributed by atoms with E-state index < -0.39 is 17.6 Å². The average Bonchev–Trinajstić information content (AvgIpc) is 2.74. The number of ether oxygens (including phenoxy) is 1. The molecule has 0 aliphatic rings. The SMILES string of the molecule is COCc1cc(Nc2ccc(C(F)(F)F)cc2)c2ccc(-c3ncccc3F)nc2n1. The van der Waals surface area contributed by atoms with Crippen LogP contribution in [0.3, 0.4) is 0 Å². The van der Waals surface area contributed by atoms with Crippen LogP contribution in [-0.4, -0.2) is 22.1 Å². The summed E-state index contributed by atoms with van der Waals surface area (Å²) in [5.41, 5.74) is 1.60. The summed E-state index contributed by atoms with van der Waals surface area (Å²) in [7, 11) is 1.52. The van der Waals surface area contributed by atoms with Gasteiger partial charge in [-0.3, -0.25) is 4.98 Å². The lowest BCUT2D eigenvalue weighted by atomic mass is 10.1. The van der Waals surface area contributed by atoms with Gasteiger partial charge in [-0.15, -0.1) is 0 Å². The van der Waals surface area contributed by atoms with Crippen LogP contribution < -0.4 is 5.32 Å². The van der Waals surface area contributed by atoms with E-state index in [0.29, 0.717) is 33.8 Å². The van der Waals surface area contributed by atoms with Crippen molar-refractivity contribution in [1.29, 1.82) is 0 Å². The first kappa shape index (κ1) is 20.7. The Labute approximate surface area is 174 Å². The second-order valence-electron chi connectivity index (χ2n) is 6.70. The second kappa shape index (κ2) is 8.27. The van der Waals surface area contributed by atoms with Crippen molar-refractivity contribution in [2.75, 3.05) is 12.4 Å². The van der Waals surface area contributed by atoms with Crippen molar-refractivity contribution in [3.05, 3.63) is 77.9 Å². The number of fused-ring (bicyclic) bond motifs is 1. The van der Waals surface area contributed by atoms with Gasteiger partial charge in [-0.2, -0.15) is 13.2 Å². The molecule has 0 unspecified atom stereocenters. The zero-order valence-electron chi connectivity index (χ0n) is 16.2. The van der Waals surface area contributed by atoms with Crippen LogP contribution in [0.15, 0.2) is 60.8 Å². The van der Waals surface area contributed by atoms with E-state index in [9.17, 15) is 17.6 Å². The van der Waals surface area contributed by atoms with Crippen LogP contribution in [0.5, 0.6) is 0 Å². The summed E-state index contributed by atoms with van der Waals surface area (Å²) in [4.78, 5) is 12.9. The van der Waals surface area contributed by atoms with E-state index in [4.69, 9.17) is 4.74 Å². The number of nitrogens with one attached hydrogen (secondary N) is 1. The van der Waals surface area contributed by atoms with E-state index in [1.54, 1.807) is 18.2 Å². The number of pyridine rings is 3. The van der Waals surface area contributed by atoms with Gasteiger partial charge in [-0.25, -0.2) is 14.4 Å². The van der Waals surface area contributed by atoms with E-state index in [-0.39, 0.29) is 12.3 Å². The largest absolute Gasteiger partial charge is 0.416 e. The Kier molecular flexibility index (Phi) is 5.51. The molecule has 3 aromatic heterocycles. The summed E-state index contributed by atoms with van der Waals surface area (Å²) >= 11 is 0. The summed E-state index contributed by atoms with van der Waals surface area (Å²) in [6, 6.07) is 12.5. The lowest BCUT2D eigenvalue weighted by Gasteiger charge is -2.13. The Bertz CT molecular complexity index is 1230. The average molecular weight is 428 g/mol. The Morgan fingerprint density at radius 1 is 1.00 bits per heavy atom. The number of nitrogens with zero attached hydrogens (tertiary/aromatic N) is 3. The molecule has 31 heavy (non-hydrogen) atoms. The fourth-order valence-electron chi connectivity index (χ4n) is 3.09. The van der Waals surface area contributed by atoms with Crippen molar-refractivity contribution in [2.24, 2.45) is 0 Å². The molecule has 1 aromatic carbocycles. The van der Waals surface area contributed by atoms with Crippen molar-refractivity contribution in [2.45, 2.75) is 12.8 Å². The molecule has 4 rings (SSSR count). The minimum absolute atomic E-state index is 0.0978. The lowest BCUT2D eigenvalue weighted by Crippen LogP contribution is -2.05. The molecule has 0 bridgehead atoms. The van der Waals surface area contributed by atoms with Gasteiger partial charge in [-0.05, 0) is 54.6 Å². The predicted octanol–water partition coefficient (Wildman–Crippen LogP) is 5.74. The summed E-state index contributed by atoms with van der Waals surface area (Å²) in [6.07, 6.45) is -2.94. The van der Waals surface area contributed by atoms with Crippen molar-refractivity contribution in [3.63, 3.8) is 0 Å². The van der Waals surface area contributed by atoms with Gasteiger partial charge in [0.05, 0.1) is 29.2 Å². The lowest BCUT2D eigenvalue weighted by molar-refractivity contribution is -0.137. The first-order valence-corrected chi connectivity index (χ1v) is 9.20. The molecule has 4 aromatic rings. The molecule has 0 amide bonds. The molecule has 3 heterocycles. The Balaban J connectivity index is 1.76. The number of rotatable bonds is 5. The van der Waals surface area contributed by atoms with Crippen LogP contribution >= 0.6 is 0 Å². The van der Waals surface area contributed by atoms with Gasteiger partial charge in [0.15, 0.2) is 11.5 Å². The van der Waals surface area contributed by atoms with E-state index in [0.717, 1.165) is 12.1 Å². The Morgan fingerprint density at radius 3 is 2.45 bits per heavy atom. The molecular weight excluding hydrogens is 412 g/mol. The van der Waals surface area contributed by atoms with Crippen LogP contribution in [0.2, 0.25) is 0 Å². The molecule has 0 spiro atoms. The van der Waals surface area contributed by atoms with Gasteiger partial charge in [0.1, 0.15) is 5.69 Å². The van der Waals surface area contributed by atoms with E-state index >= 15 is 0 Å². The molecule has 0 radical (unpaired) electrons. The maximum atomic E-state index is 14.1. The highest BCUT2D eigenvalue weighted by Gasteiger charge is 2.30. The van der Waals surface area contributed by atoms with Crippen molar-refractivity contribution in [3.8, 4) is 11.4 Å². The minimum atomic E-state index is -4.41. The van der Waals surface area contributed by atoms with Crippen LogP contribution in [0.25, 0.3) is 22.4 Å². The molecule has 0 aliphatic carbocycles. The van der Waals surface area contributed by atoms with Crippen LogP contribution in [0.4, 0.5) is 28.9 Å². The predicted molar refractivity (Wildman–Crippen MR) is 108 cm³/mol. The summed E-state index contributed by atoms with van der Waals surface area (Å²) in [5.74, 6) is -0.509. The highest BCUT2D eigenvalue weighted by atomic mass is 19.4. The fraction of sp³-hybridized carbons (Fsp3) is 0.136. The molecule has 1 N–H and O–H groups in total. The first-order valence-electron chi connectivity index (χ1n) is 9.20. The van der Waals surface area contributed by atoms with Gasteiger partial charge in [-0.1, -0.05) is 0 Å². The van der Waals surface area contributed by atoms with Gasteiger partial charge in [0, 0.05) is 24.4 Å². The van der Waals surface area contributed by atoms with E-state index in [1.807, 2.05) is 0 Å². The number of methoxy groups -OCH3 is 1. The molecule has 5 nitrogen and oxygen atoms in total. The standard InChI is InChI=1S/C22H16F4N4O/c1-31-12-15-11-19(28-14-6-4-13(5-7-14)22(24,25)26)16-8-9-18(30-21(16)29-15)20-17(23)3-2-10-27-20/h2-11H,12H2,1H3,(H,28,29,30). The van der Waals surface area contributed by atoms with Crippen LogP contribution in [0, 0.1) is 5.82 Å². The van der Waals surface area contributed by atoms with Gasteiger partial charge in [0.2, 0.25) is 0 Å². The molecule has 0 aliphatic heterocycles. The maximum absolute atomic E-state index is 14.1. The monoisotopic (exact) mass is 428 g/mol. The third kappa shape index (κ3) is 4.46. The highest BCUT2D eigenvalue weighted by Crippen LogP contribution is 2.32. The van der Waals surface area contributed by atoms with Gasteiger partial charge < -0.3 is 10.1 Å².